The third kappa shape index (κ3) is 3.32. The summed E-state index contributed by atoms with van der Waals surface area (Å²) >= 11 is 0. The summed E-state index contributed by atoms with van der Waals surface area (Å²) in [6, 6.07) is 14.0. The van der Waals surface area contributed by atoms with Crippen LogP contribution in [-0.4, -0.2) is 33.2 Å². The number of ether oxygens (including phenoxy) is 1. The van der Waals surface area contributed by atoms with Gasteiger partial charge in [-0.1, -0.05) is 6.07 Å². The van der Waals surface area contributed by atoms with Crippen molar-refractivity contribution in [3.8, 4) is 16.9 Å². The molecular formula is C23H22FN3O3. The van der Waals surface area contributed by atoms with Crippen LogP contribution in [0.15, 0.2) is 54.7 Å². The molecule has 0 saturated heterocycles. The summed E-state index contributed by atoms with van der Waals surface area (Å²) in [4.78, 5) is 17.3. The quantitative estimate of drug-likeness (QED) is 0.481. The minimum absolute atomic E-state index is 0.0264. The highest BCUT2D eigenvalue weighted by Gasteiger charge is 2.30. The minimum atomic E-state index is -1.20. The molecule has 0 bridgehead atoms. The van der Waals surface area contributed by atoms with Crippen molar-refractivity contribution in [3.63, 3.8) is 0 Å². The third-order valence-electron chi connectivity index (χ3n) is 5.00. The Kier molecular flexibility index (Phi) is 4.61. The lowest BCUT2D eigenvalue weighted by molar-refractivity contribution is 0.195. The zero-order valence-electron chi connectivity index (χ0n) is 17.2. The Balaban J connectivity index is 1.78. The van der Waals surface area contributed by atoms with E-state index in [-0.39, 0.29) is 5.69 Å². The van der Waals surface area contributed by atoms with Crippen molar-refractivity contribution in [2.24, 2.45) is 0 Å². The lowest BCUT2D eigenvalue weighted by Crippen LogP contribution is -2.45. The first-order valence-electron chi connectivity index (χ1n) is 9.48. The van der Waals surface area contributed by atoms with Gasteiger partial charge >= 0.3 is 6.09 Å². The van der Waals surface area contributed by atoms with Crippen molar-refractivity contribution in [2.75, 3.05) is 12.0 Å². The number of aromatic nitrogens is 2. The minimum Gasteiger partial charge on any atom is -0.497 e. The second-order valence-electron chi connectivity index (χ2n) is 8.07. The van der Waals surface area contributed by atoms with E-state index in [4.69, 9.17) is 4.74 Å². The van der Waals surface area contributed by atoms with Crippen LogP contribution in [0.4, 0.5) is 14.9 Å². The van der Waals surface area contributed by atoms with Crippen LogP contribution in [0.3, 0.4) is 0 Å². The topological polar surface area (TPSA) is 67.1 Å². The second kappa shape index (κ2) is 7.02. The summed E-state index contributed by atoms with van der Waals surface area (Å²) in [7, 11) is 1.62. The summed E-state index contributed by atoms with van der Waals surface area (Å²) in [6.07, 6.45) is 0.680. The average Bonchev–Trinajstić information content (AvgIpc) is 3.04. The summed E-state index contributed by atoms with van der Waals surface area (Å²) in [6.45, 7) is 5.17. The van der Waals surface area contributed by atoms with Crippen molar-refractivity contribution in [1.82, 2.24) is 9.38 Å². The van der Waals surface area contributed by atoms with Crippen molar-refractivity contribution >= 4 is 28.5 Å². The molecule has 0 aliphatic heterocycles. The van der Waals surface area contributed by atoms with Gasteiger partial charge in [0.1, 0.15) is 17.2 Å². The molecule has 0 atom stereocenters. The van der Waals surface area contributed by atoms with Gasteiger partial charge in [-0.25, -0.2) is 14.2 Å². The fourth-order valence-corrected chi connectivity index (χ4v) is 3.62. The van der Waals surface area contributed by atoms with Crippen molar-refractivity contribution in [1.29, 1.82) is 0 Å². The van der Waals surface area contributed by atoms with Crippen LogP contribution < -0.4 is 9.64 Å². The number of imidazole rings is 1. The Bertz CT molecular complexity index is 1270. The molecule has 2 aromatic heterocycles. The normalized spacial score (nSPS) is 11.8. The van der Waals surface area contributed by atoms with Gasteiger partial charge < -0.3 is 9.84 Å². The zero-order valence-corrected chi connectivity index (χ0v) is 17.2. The summed E-state index contributed by atoms with van der Waals surface area (Å²) in [5.41, 5.74) is 3.15. The van der Waals surface area contributed by atoms with E-state index in [0.29, 0.717) is 5.56 Å². The Morgan fingerprint density at radius 1 is 1.10 bits per heavy atom. The van der Waals surface area contributed by atoms with E-state index >= 15 is 0 Å². The van der Waals surface area contributed by atoms with E-state index < -0.39 is 17.4 Å². The number of anilines is 1. The molecular weight excluding hydrogens is 385 g/mol. The van der Waals surface area contributed by atoms with E-state index in [0.717, 1.165) is 32.9 Å². The largest absolute Gasteiger partial charge is 0.497 e. The standard InChI is InChI=1S/C23H22FN3O3/c1-23(2,3)27(22(28)29)19-8-5-14(11-17(19)24)15-9-10-26-20-13-16(30-4)6-7-18(20)25-21(26)12-15/h5-13H,1-4H3,(H,28,29). The Morgan fingerprint density at radius 2 is 1.83 bits per heavy atom. The molecule has 154 valence electrons. The molecule has 6 nitrogen and oxygen atoms in total. The number of carboxylic acid groups (broad SMARTS) is 1. The number of amides is 1. The van der Waals surface area contributed by atoms with Gasteiger partial charge in [0.25, 0.3) is 0 Å². The number of pyridine rings is 1. The maximum atomic E-state index is 14.9. The smallest absolute Gasteiger partial charge is 0.412 e. The number of hydrogen-bond donors (Lipinski definition) is 1. The number of nitrogens with zero attached hydrogens (tertiary/aromatic N) is 3. The fourth-order valence-electron chi connectivity index (χ4n) is 3.62. The highest BCUT2D eigenvalue weighted by atomic mass is 19.1. The Hall–Kier alpha value is -3.61. The first-order chi connectivity index (χ1) is 14.2. The summed E-state index contributed by atoms with van der Waals surface area (Å²) in [5.74, 6) is 0.149. The molecule has 30 heavy (non-hydrogen) atoms. The van der Waals surface area contributed by atoms with Crippen molar-refractivity contribution in [2.45, 2.75) is 26.3 Å². The monoisotopic (exact) mass is 407 g/mol. The van der Waals surface area contributed by atoms with Crippen LogP contribution in [-0.2, 0) is 0 Å². The van der Waals surface area contributed by atoms with E-state index in [1.165, 1.54) is 12.1 Å². The average molecular weight is 407 g/mol. The zero-order chi connectivity index (χ0) is 21.6. The van der Waals surface area contributed by atoms with E-state index in [1.807, 2.05) is 40.9 Å². The number of benzene rings is 2. The van der Waals surface area contributed by atoms with E-state index in [2.05, 4.69) is 4.98 Å². The van der Waals surface area contributed by atoms with Crippen molar-refractivity contribution in [3.05, 3.63) is 60.5 Å². The van der Waals surface area contributed by atoms with Gasteiger partial charge in [0.2, 0.25) is 0 Å². The van der Waals surface area contributed by atoms with Crippen LogP contribution in [0.25, 0.3) is 27.8 Å². The number of fused-ring (bicyclic) bond motifs is 3. The lowest BCUT2D eigenvalue weighted by atomic mass is 10.0. The molecule has 1 amide bonds. The molecule has 4 rings (SSSR count). The highest BCUT2D eigenvalue weighted by Crippen LogP contribution is 2.32. The van der Waals surface area contributed by atoms with Crippen LogP contribution in [0.5, 0.6) is 5.75 Å². The van der Waals surface area contributed by atoms with Crippen LogP contribution in [0.2, 0.25) is 0 Å². The van der Waals surface area contributed by atoms with E-state index in [9.17, 15) is 14.3 Å². The summed E-state index contributed by atoms with van der Waals surface area (Å²) < 4.78 is 22.1. The summed E-state index contributed by atoms with van der Waals surface area (Å²) in [5, 5.41) is 9.54. The Labute approximate surface area is 173 Å². The Morgan fingerprint density at radius 3 is 2.47 bits per heavy atom. The van der Waals surface area contributed by atoms with Gasteiger partial charge in [-0.05, 0) is 68.3 Å². The number of rotatable bonds is 3. The molecule has 0 saturated carbocycles. The van der Waals surface area contributed by atoms with Gasteiger partial charge in [0.15, 0.2) is 0 Å². The van der Waals surface area contributed by atoms with Gasteiger partial charge in [0.05, 0.1) is 23.8 Å². The maximum Gasteiger partial charge on any atom is 0.412 e. The van der Waals surface area contributed by atoms with Gasteiger partial charge in [-0.3, -0.25) is 9.30 Å². The number of carbonyl (C=O) groups is 1. The number of methoxy groups -OCH3 is 1. The predicted octanol–water partition coefficient (Wildman–Crippen LogP) is 5.59. The van der Waals surface area contributed by atoms with Crippen LogP contribution in [0.1, 0.15) is 20.8 Å². The first kappa shape index (κ1) is 19.7. The maximum absolute atomic E-state index is 14.9. The third-order valence-corrected chi connectivity index (χ3v) is 5.00. The number of hydrogen-bond acceptors (Lipinski definition) is 3. The number of halogens is 1. The molecule has 0 unspecified atom stereocenters. The first-order valence-corrected chi connectivity index (χ1v) is 9.48. The van der Waals surface area contributed by atoms with Crippen LogP contribution in [0, 0.1) is 5.82 Å². The molecule has 0 aliphatic carbocycles. The molecule has 0 fully saturated rings. The molecule has 0 aliphatic rings. The van der Waals surface area contributed by atoms with Gasteiger partial charge in [0, 0.05) is 17.8 Å². The van der Waals surface area contributed by atoms with Crippen molar-refractivity contribution < 1.29 is 19.0 Å². The van der Waals surface area contributed by atoms with E-state index in [1.54, 1.807) is 33.9 Å². The molecule has 0 radical (unpaired) electrons. The molecule has 2 aromatic carbocycles. The SMILES string of the molecule is COc1ccc2nc3cc(-c4ccc(N(C(=O)O)C(C)(C)C)c(F)c4)ccn3c2c1. The molecule has 4 aromatic rings. The molecule has 7 heteroatoms. The second-order valence-corrected chi connectivity index (χ2v) is 8.07. The molecule has 1 N–H and O–H groups in total. The molecule has 2 heterocycles. The van der Waals surface area contributed by atoms with Gasteiger partial charge in [-0.15, -0.1) is 0 Å². The van der Waals surface area contributed by atoms with Gasteiger partial charge in [-0.2, -0.15) is 0 Å². The fraction of sp³-hybridized carbons (Fsp3) is 0.217. The molecule has 0 spiro atoms. The highest BCUT2D eigenvalue weighted by molar-refractivity contribution is 5.88. The van der Waals surface area contributed by atoms with Crippen LogP contribution >= 0.6 is 0 Å². The predicted molar refractivity (Wildman–Crippen MR) is 115 cm³/mol. The lowest BCUT2D eigenvalue weighted by Gasteiger charge is -2.33.